The molecular formula is C15H23F3N2. The average molecular weight is 288 g/mol. The van der Waals surface area contributed by atoms with Crippen LogP contribution in [0.5, 0.6) is 0 Å². The standard InChI is InChI=1S/C15H23F3N2/c1-4-10-20(11-15(16,17)18)14-8-6-13(7-9-14)12(3)19-5-2/h6-9,12,19H,4-5,10-11H2,1-3H3. The molecular weight excluding hydrogens is 265 g/mol. The SMILES string of the molecule is CCCN(CC(F)(F)F)c1ccc(C(C)NCC)cc1. The zero-order chi connectivity index (χ0) is 15.2. The molecule has 0 aromatic heterocycles. The molecule has 0 heterocycles. The van der Waals surface area contributed by atoms with Gasteiger partial charge in [0.05, 0.1) is 0 Å². The Morgan fingerprint density at radius 1 is 1.15 bits per heavy atom. The molecule has 1 N–H and O–H groups in total. The fourth-order valence-corrected chi connectivity index (χ4v) is 2.18. The van der Waals surface area contributed by atoms with E-state index < -0.39 is 12.7 Å². The summed E-state index contributed by atoms with van der Waals surface area (Å²) >= 11 is 0. The lowest BCUT2D eigenvalue weighted by atomic mass is 10.1. The number of nitrogens with zero attached hydrogens (tertiary/aromatic N) is 1. The van der Waals surface area contributed by atoms with E-state index in [9.17, 15) is 13.2 Å². The van der Waals surface area contributed by atoms with Crippen LogP contribution < -0.4 is 10.2 Å². The largest absolute Gasteiger partial charge is 0.405 e. The summed E-state index contributed by atoms with van der Waals surface area (Å²) in [6, 6.07) is 7.52. The molecule has 0 spiro atoms. The molecule has 0 radical (unpaired) electrons. The smallest absolute Gasteiger partial charge is 0.363 e. The van der Waals surface area contributed by atoms with Gasteiger partial charge in [0.15, 0.2) is 0 Å². The van der Waals surface area contributed by atoms with Crippen molar-refractivity contribution in [2.45, 2.75) is 39.4 Å². The van der Waals surface area contributed by atoms with Crippen LogP contribution in [0.15, 0.2) is 24.3 Å². The lowest BCUT2D eigenvalue weighted by molar-refractivity contribution is -0.119. The minimum atomic E-state index is -4.18. The van der Waals surface area contributed by atoms with Gasteiger partial charge in [-0.05, 0) is 37.6 Å². The topological polar surface area (TPSA) is 15.3 Å². The highest BCUT2D eigenvalue weighted by atomic mass is 19.4. The monoisotopic (exact) mass is 288 g/mol. The van der Waals surface area contributed by atoms with Gasteiger partial charge in [-0.15, -0.1) is 0 Å². The molecule has 20 heavy (non-hydrogen) atoms. The Bertz CT molecular complexity index is 387. The molecule has 0 aliphatic rings. The molecule has 0 saturated heterocycles. The van der Waals surface area contributed by atoms with Crippen molar-refractivity contribution in [3.63, 3.8) is 0 Å². The van der Waals surface area contributed by atoms with Crippen molar-refractivity contribution in [1.82, 2.24) is 5.32 Å². The van der Waals surface area contributed by atoms with Crippen LogP contribution in [0.3, 0.4) is 0 Å². The number of anilines is 1. The van der Waals surface area contributed by atoms with E-state index in [4.69, 9.17) is 0 Å². The maximum Gasteiger partial charge on any atom is 0.405 e. The van der Waals surface area contributed by atoms with E-state index in [1.54, 1.807) is 12.1 Å². The van der Waals surface area contributed by atoms with E-state index in [-0.39, 0.29) is 6.04 Å². The molecule has 0 fully saturated rings. The third-order valence-corrected chi connectivity index (χ3v) is 3.13. The van der Waals surface area contributed by atoms with Crippen molar-refractivity contribution in [2.24, 2.45) is 0 Å². The van der Waals surface area contributed by atoms with Gasteiger partial charge in [-0.1, -0.05) is 26.0 Å². The Labute approximate surface area is 119 Å². The summed E-state index contributed by atoms with van der Waals surface area (Å²) in [4.78, 5) is 1.38. The zero-order valence-electron chi connectivity index (χ0n) is 12.3. The van der Waals surface area contributed by atoms with Crippen molar-refractivity contribution >= 4 is 5.69 Å². The fourth-order valence-electron chi connectivity index (χ4n) is 2.18. The van der Waals surface area contributed by atoms with E-state index in [2.05, 4.69) is 5.32 Å². The molecule has 2 nitrogen and oxygen atoms in total. The Morgan fingerprint density at radius 2 is 1.75 bits per heavy atom. The molecule has 1 rings (SSSR count). The normalized spacial score (nSPS) is 13.3. The first-order chi connectivity index (χ1) is 9.37. The van der Waals surface area contributed by atoms with E-state index in [0.717, 1.165) is 12.1 Å². The molecule has 0 bridgehead atoms. The van der Waals surface area contributed by atoms with Crippen LogP contribution in [0, 0.1) is 0 Å². The second kappa shape index (κ2) is 7.53. The van der Waals surface area contributed by atoms with Crippen LogP contribution in [0.25, 0.3) is 0 Å². The summed E-state index contributed by atoms with van der Waals surface area (Å²) in [7, 11) is 0. The number of nitrogens with one attached hydrogen (secondary N) is 1. The van der Waals surface area contributed by atoms with Gasteiger partial charge in [0.1, 0.15) is 6.54 Å². The Morgan fingerprint density at radius 3 is 2.20 bits per heavy atom. The highest BCUT2D eigenvalue weighted by Gasteiger charge is 2.30. The van der Waals surface area contributed by atoms with Crippen LogP contribution in [0.2, 0.25) is 0 Å². The quantitative estimate of drug-likeness (QED) is 0.811. The fraction of sp³-hybridized carbons (Fsp3) is 0.600. The molecule has 5 heteroatoms. The van der Waals surface area contributed by atoms with Crippen LogP contribution >= 0.6 is 0 Å². The molecule has 1 unspecified atom stereocenters. The number of benzene rings is 1. The van der Waals surface area contributed by atoms with Gasteiger partial charge in [-0.25, -0.2) is 0 Å². The van der Waals surface area contributed by atoms with Crippen molar-refractivity contribution < 1.29 is 13.2 Å². The van der Waals surface area contributed by atoms with Gasteiger partial charge in [0, 0.05) is 18.3 Å². The van der Waals surface area contributed by atoms with Gasteiger partial charge >= 0.3 is 6.18 Å². The summed E-state index contributed by atoms with van der Waals surface area (Å²) in [6.07, 6.45) is -3.49. The summed E-state index contributed by atoms with van der Waals surface area (Å²) in [5, 5.41) is 3.28. The van der Waals surface area contributed by atoms with Gasteiger partial charge < -0.3 is 10.2 Å². The number of hydrogen-bond donors (Lipinski definition) is 1. The third kappa shape index (κ3) is 5.41. The van der Waals surface area contributed by atoms with Crippen LogP contribution in [-0.4, -0.2) is 25.8 Å². The molecule has 1 aromatic rings. The molecule has 0 saturated carbocycles. The van der Waals surface area contributed by atoms with Gasteiger partial charge in [0.25, 0.3) is 0 Å². The molecule has 114 valence electrons. The number of alkyl halides is 3. The zero-order valence-corrected chi connectivity index (χ0v) is 12.3. The predicted molar refractivity (Wildman–Crippen MR) is 77.1 cm³/mol. The Hall–Kier alpha value is -1.23. The first kappa shape index (κ1) is 16.8. The van der Waals surface area contributed by atoms with E-state index in [0.29, 0.717) is 18.7 Å². The van der Waals surface area contributed by atoms with E-state index in [1.165, 1.54) is 4.90 Å². The van der Waals surface area contributed by atoms with Crippen molar-refractivity contribution in [3.05, 3.63) is 29.8 Å². The van der Waals surface area contributed by atoms with Gasteiger partial charge in [-0.2, -0.15) is 13.2 Å². The van der Waals surface area contributed by atoms with Crippen molar-refractivity contribution in [1.29, 1.82) is 0 Å². The van der Waals surface area contributed by atoms with Crippen molar-refractivity contribution in [3.8, 4) is 0 Å². The van der Waals surface area contributed by atoms with Crippen LogP contribution in [-0.2, 0) is 0 Å². The predicted octanol–water partition coefficient (Wildman–Crippen LogP) is 4.14. The van der Waals surface area contributed by atoms with Gasteiger partial charge in [0.2, 0.25) is 0 Å². The number of hydrogen-bond acceptors (Lipinski definition) is 2. The minimum absolute atomic E-state index is 0.205. The molecule has 1 aromatic carbocycles. The molecule has 0 amide bonds. The average Bonchev–Trinajstić information content (AvgIpc) is 2.37. The van der Waals surface area contributed by atoms with Crippen LogP contribution in [0.4, 0.5) is 18.9 Å². The number of halogens is 3. The lowest BCUT2D eigenvalue weighted by Gasteiger charge is -2.26. The second-order valence-corrected chi connectivity index (χ2v) is 4.91. The first-order valence-electron chi connectivity index (χ1n) is 7.02. The maximum atomic E-state index is 12.6. The highest BCUT2D eigenvalue weighted by molar-refractivity contribution is 5.48. The van der Waals surface area contributed by atoms with Crippen molar-refractivity contribution in [2.75, 3.05) is 24.5 Å². The van der Waals surface area contributed by atoms with Gasteiger partial charge in [-0.3, -0.25) is 0 Å². The van der Waals surface area contributed by atoms with Crippen LogP contribution in [0.1, 0.15) is 38.8 Å². The number of rotatable bonds is 7. The summed E-state index contributed by atoms with van der Waals surface area (Å²) in [6.45, 7) is 6.31. The Kier molecular flexibility index (Phi) is 6.33. The maximum absolute atomic E-state index is 12.6. The Balaban J connectivity index is 2.82. The summed E-state index contributed by atoms with van der Waals surface area (Å²) in [5.74, 6) is 0. The lowest BCUT2D eigenvalue weighted by Crippen LogP contribution is -2.34. The molecule has 1 atom stereocenters. The minimum Gasteiger partial charge on any atom is -0.363 e. The highest BCUT2D eigenvalue weighted by Crippen LogP contribution is 2.24. The molecule has 0 aliphatic carbocycles. The molecule has 0 aliphatic heterocycles. The second-order valence-electron chi connectivity index (χ2n) is 4.91. The first-order valence-corrected chi connectivity index (χ1v) is 7.02. The third-order valence-electron chi connectivity index (χ3n) is 3.13. The summed E-state index contributed by atoms with van der Waals surface area (Å²) < 4.78 is 37.7. The van der Waals surface area contributed by atoms with E-state index in [1.807, 2.05) is 32.9 Å². The van der Waals surface area contributed by atoms with E-state index >= 15 is 0 Å². The summed E-state index contributed by atoms with van der Waals surface area (Å²) in [5.41, 5.74) is 1.70.